The zero-order chi connectivity index (χ0) is 15.4. The minimum absolute atomic E-state index is 0.0889. The summed E-state index contributed by atoms with van der Waals surface area (Å²) >= 11 is 0. The molecule has 7 nitrogen and oxygen atoms in total. The second kappa shape index (κ2) is 6.69. The SMILES string of the molecule is O=C(O)CCCC1C(=O)NC(=O)N(C2CCCCC2)C1=O. The van der Waals surface area contributed by atoms with Gasteiger partial charge in [-0.1, -0.05) is 19.3 Å². The van der Waals surface area contributed by atoms with Gasteiger partial charge in [-0.05, 0) is 25.7 Å². The lowest BCUT2D eigenvalue weighted by molar-refractivity contribution is -0.145. The first-order valence-corrected chi connectivity index (χ1v) is 7.40. The number of carboxylic acid groups (broad SMARTS) is 1. The van der Waals surface area contributed by atoms with Crippen LogP contribution in [0.3, 0.4) is 0 Å². The Hall–Kier alpha value is -1.92. The highest BCUT2D eigenvalue weighted by Crippen LogP contribution is 2.27. The molecular formula is C14H20N2O5. The number of amides is 4. The summed E-state index contributed by atoms with van der Waals surface area (Å²) in [7, 11) is 0. The fourth-order valence-electron chi connectivity index (χ4n) is 3.03. The second-order valence-electron chi connectivity index (χ2n) is 5.63. The highest BCUT2D eigenvalue weighted by Gasteiger charge is 2.43. The van der Waals surface area contributed by atoms with Crippen molar-refractivity contribution in [1.82, 2.24) is 10.2 Å². The number of imide groups is 2. The molecular weight excluding hydrogens is 276 g/mol. The van der Waals surface area contributed by atoms with Crippen LogP contribution in [0.2, 0.25) is 0 Å². The Morgan fingerprint density at radius 1 is 1.19 bits per heavy atom. The van der Waals surface area contributed by atoms with Crippen molar-refractivity contribution in [3.05, 3.63) is 0 Å². The minimum atomic E-state index is -0.959. The Kier molecular flexibility index (Phi) is 4.93. The summed E-state index contributed by atoms with van der Waals surface area (Å²) in [4.78, 5) is 47.8. The maximum absolute atomic E-state index is 12.4. The fraction of sp³-hybridized carbons (Fsp3) is 0.714. The lowest BCUT2D eigenvalue weighted by Gasteiger charge is -2.37. The van der Waals surface area contributed by atoms with E-state index >= 15 is 0 Å². The largest absolute Gasteiger partial charge is 0.481 e. The van der Waals surface area contributed by atoms with Crippen LogP contribution in [0.25, 0.3) is 0 Å². The molecule has 0 aromatic carbocycles. The molecule has 7 heteroatoms. The van der Waals surface area contributed by atoms with E-state index in [1.54, 1.807) is 0 Å². The van der Waals surface area contributed by atoms with E-state index in [1.807, 2.05) is 0 Å². The summed E-state index contributed by atoms with van der Waals surface area (Å²) in [6.07, 6.45) is 4.90. The monoisotopic (exact) mass is 296 g/mol. The minimum Gasteiger partial charge on any atom is -0.481 e. The molecule has 1 aliphatic heterocycles. The molecule has 2 N–H and O–H groups in total. The predicted octanol–water partition coefficient (Wildman–Crippen LogP) is 1.27. The van der Waals surface area contributed by atoms with Crippen LogP contribution >= 0.6 is 0 Å². The Morgan fingerprint density at radius 2 is 1.86 bits per heavy atom. The molecule has 116 valence electrons. The van der Waals surface area contributed by atoms with Gasteiger partial charge in [-0.3, -0.25) is 24.6 Å². The average Bonchev–Trinajstić information content (AvgIpc) is 2.43. The number of rotatable bonds is 5. The van der Waals surface area contributed by atoms with Crippen molar-refractivity contribution in [3.8, 4) is 0 Å². The van der Waals surface area contributed by atoms with Crippen molar-refractivity contribution in [3.63, 3.8) is 0 Å². The van der Waals surface area contributed by atoms with Crippen molar-refractivity contribution < 1.29 is 24.3 Å². The topological polar surface area (TPSA) is 104 Å². The van der Waals surface area contributed by atoms with Gasteiger partial charge in [0.05, 0.1) is 0 Å². The number of carboxylic acids is 1. The second-order valence-corrected chi connectivity index (χ2v) is 5.63. The van der Waals surface area contributed by atoms with E-state index in [0.29, 0.717) is 0 Å². The molecule has 1 unspecified atom stereocenters. The van der Waals surface area contributed by atoms with Crippen LogP contribution in [0, 0.1) is 5.92 Å². The molecule has 1 aliphatic carbocycles. The third-order valence-corrected chi connectivity index (χ3v) is 4.12. The summed E-state index contributed by atoms with van der Waals surface area (Å²) in [6, 6.07) is -0.771. The Morgan fingerprint density at radius 3 is 2.48 bits per heavy atom. The van der Waals surface area contributed by atoms with E-state index in [-0.39, 0.29) is 25.3 Å². The molecule has 0 bridgehead atoms. The van der Waals surface area contributed by atoms with Gasteiger partial charge in [0.1, 0.15) is 5.92 Å². The Balaban J connectivity index is 2.03. The van der Waals surface area contributed by atoms with Gasteiger partial charge >= 0.3 is 12.0 Å². The van der Waals surface area contributed by atoms with Crippen LogP contribution < -0.4 is 5.32 Å². The molecule has 1 heterocycles. The average molecular weight is 296 g/mol. The number of carbonyl (C=O) groups excluding carboxylic acids is 3. The number of hydrogen-bond donors (Lipinski definition) is 2. The van der Waals surface area contributed by atoms with Gasteiger partial charge in [0.2, 0.25) is 11.8 Å². The van der Waals surface area contributed by atoms with Gasteiger partial charge in [-0.25, -0.2) is 4.79 Å². The van der Waals surface area contributed by atoms with Crippen LogP contribution in [0.5, 0.6) is 0 Å². The van der Waals surface area contributed by atoms with E-state index in [1.165, 1.54) is 4.90 Å². The molecule has 0 aromatic heterocycles. The molecule has 21 heavy (non-hydrogen) atoms. The van der Waals surface area contributed by atoms with Crippen LogP contribution in [0.1, 0.15) is 51.4 Å². The standard InChI is InChI=1S/C14H20N2O5/c17-11(18)8-4-7-10-12(19)15-14(21)16(13(10)20)9-5-2-1-3-6-9/h9-10H,1-8H2,(H,17,18)(H,15,19,21). The third-order valence-electron chi connectivity index (χ3n) is 4.12. The van der Waals surface area contributed by atoms with E-state index in [2.05, 4.69) is 5.32 Å². The van der Waals surface area contributed by atoms with Gasteiger partial charge in [-0.15, -0.1) is 0 Å². The summed E-state index contributed by atoms with van der Waals surface area (Å²) in [6.45, 7) is 0. The van der Waals surface area contributed by atoms with Gasteiger partial charge in [-0.2, -0.15) is 0 Å². The number of hydrogen-bond acceptors (Lipinski definition) is 4. The Bertz CT molecular complexity index is 456. The van der Waals surface area contributed by atoms with Crippen molar-refractivity contribution in [2.45, 2.75) is 57.4 Å². The van der Waals surface area contributed by atoms with Crippen LogP contribution in [-0.2, 0) is 14.4 Å². The molecule has 2 rings (SSSR count). The predicted molar refractivity (Wildman–Crippen MR) is 72.2 cm³/mol. The van der Waals surface area contributed by atoms with Crippen molar-refractivity contribution in [2.24, 2.45) is 5.92 Å². The number of nitrogens with one attached hydrogen (secondary N) is 1. The molecule has 1 saturated heterocycles. The molecule has 1 saturated carbocycles. The lowest BCUT2D eigenvalue weighted by atomic mass is 9.91. The number of urea groups is 1. The first-order chi connectivity index (χ1) is 10.0. The van der Waals surface area contributed by atoms with E-state index < -0.39 is 29.7 Å². The molecule has 2 aliphatic rings. The van der Waals surface area contributed by atoms with Gasteiger partial charge < -0.3 is 5.11 Å². The Labute approximate surface area is 122 Å². The smallest absolute Gasteiger partial charge is 0.331 e. The summed E-state index contributed by atoms with van der Waals surface area (Å²) in [5, 5.41) is 10.8. The number of barbiturate groups is 1. The zero-order valence-electron chi connectivity index (χ0n) is 11.8. The summed E-state index contributed by atoms with van der Waals surface area (Å²) in [5.74, 6) is -2.98. The fourth-order valence-corrected chi connectivity index (χ4v) is 3.03. The van der Waals surface area contributed by atoms with Gasteiger partial charge in [0, 0.05) is 12.5 Å². The van der Waals surface area contributed by atoms with E-state index in [4.69, 9.17) is 5.11 Å². The molecule has 4 amide bonds. The first-order valence-electron chi connectivity index (χ1n) is 7.40. The van der Waals surface area contributed by atoms with E-state index in [9.17, 15) is 19.2 Å². The maximum atomic E-state index is 12.4. The van der Waals surface area contributed by atoms with Crippen LogP contribution in [0.15, 0.2) is 0 Å². The zero-order valence-corrected chi connectivity index (χ0v) is 11.8. The highest BCUT2D eigenvalue weighted by atomic mass is 16.4. The van der Waals surface area contributed by atoms with Crippen LogP contribution in [0.4, 0.5) is 4.79 Å². The summed E-state index contributed by atoms with van der Waals surface area (Å²) in [5.41, 5.74) is 0. The molecule has 0 aromatic rings. The van der Waals surface area contributed by atoms with Crippen molar-refractivity contribution >= 4 is 23.8 Å². The first kappa shape index (κ1) is 15.5. The van der Waals surface area contributed by atoms with E-state index in [0.717, 1.165) is 32.1 Å². The quantitative estimate of drug-likeness (QED) is 0.743. The number of carbonyl (C=O) groups is 4. The molecule has 2 fully saturated rings. The molecule has 1 atom stereocenters. The van der Waals surface area contributed by atoms with Crippen molar-refractivity contribution in [2.75, 3.05) is 0 Å². The van der Waals surface area contributed by atoms with Crippen molar-refractivity contribution in [1.29, 1.82) is 0 Å². The molecule has 0 spiro atoms. The van der Waals surface area contributed by atoms with Gasteiger partial charge in [0.25, 0.3) is 0 Å². The molecule has 0 radical (unpaired) electrons. The van der Waals surface area contributed by atoms with Crippen LogP contribution in [-0.4, -0.2) is 39.9 Å². The van der Waals surface area contributed by atoms with Gasteiger partial charge in [0.15, 0.2) is 0 Å². The highest BCUT2D eigenvalue weighted by molar-refractivity contribution is 6.16. The number of nitrogens with zero attached hydrogens (tertiary/aromatic N) is 1. The third kappa shape index (κ3) is 3.59. The number of aliphatic carboxylic acids is 1. The summed E-state index contributed by atoms with van der Waals surface area (Å²) < 4.78 is 0. The normalized spacial score (nSPS) is 24.1. The lowest BCUT2D eigenvalue weighted by Crippen LogP contribution is -2.61. The maximum Gasteiger partial charge on any atom is 0.331 e.